The lowest BCUT2D eigenvalue weighted by Crippen LogP contribution is -2.42. The SMILES string of the molecule is C[C@@]1(O)[C@@H](n2cnc3c(N)ncnc32)C[C@H](CO)[C@@H]1O. The molecule has 20 heavy (non-hydrogen) atoms. The van der Waals surface area contributed by atoms with Crippen molar-refractivity contribution < 1.29 is 15.3 Å². The summed E-state index contributed by atoms with van der Waals surface area (Å²) >= 11 is 0. The van der Waals surface area contributed by atoms with Gasteiger partial charge in [0.25, 0.3) is 0 Å². The van der Waals surface area contributed by atoms with E-state index in [1.54, 1.807) is 11.5 Å². The van der Waals surface area contributed by atoms with Crippen molar-refractivity contribution in [1.29, 1.82) is 0 Å². The highest BCUT2D eigenvalue weighted by Gasteiger charge is 2.51. The smallest absolute Gasteiger partial charge is 0.165 e. The molecule has 0 bridgehead atoms. The Labute approximate surface area is 114 Å². The number of fused-ring (bicyclic) bond motifs is 1. The molecule has 1 aliphatic carbocycles. The van der Waals surface area contributed by atoms with Crippen LogP contribution in [0.4, 0.5) is 5.82 Å². The number of imidazole rings is 1. The van der Waals surface area contributed by atoms with Crippen molar-refractivity contribution in [1.82, 2.24) is 19.5 Å². The van der Waals surface area contributed by atoms with Crippen molar-refractivity contribution in [2.24, 2.45) is 5.92 Å². The summed E-state index contributed by atoms with van der Waals surface area (Å²) in [7, 11) is 0. The predicted molar refractivity (Wildman–Crippen MR) is 70.6 cm³/mol. The van der Waals surface area contributed by atoms with Crippen molar-refractivity contribution in [2.45, 2.75) is 31.1 Å². The molecule has 4 atom stereocenters. The molecule has 2 aromatic heterocycles. The van der Waals surface area contributed by atoms with Gasteiger partial charge in [0.05, 0.1) is 18.5 Å². The van der Waals surface area contributed by atoms with E-state index < -0.39 is 17.7 Å². The summed E-state index contributed by atoms with van der Waals surface area (Å²) in [6.07, 6.45) is 2.29. The van der Waals surface area contributed by atoms with E-state index in [2.05, 4.69) is 15.0 Å². The topological polar surface area (TPSA) is 130 Å². The van der Waals surface area contributed by atoms with E-state index in [9.17, 15) is 15.3 Å². The fourth-order valence-electron chi connectivity index (χ4n) is 3.00. The number of aromatic nitrogens is 4. The molecular weight excluding hydrogens is 262 g/mol. The average molecular weight is 279 g/mol. The van der Waals surface area contributed by atoms with E-state index in [0.29, 0.717) is 17.6 Å². The first-order chi connectivity index (χ1) is 9.46. The molecule has 1 saturated carbocycles. The van der Waals surface area contributed by atoms with Crippen molar-refractivity contribution in [3.8, 4) is 0 Å². The highest BCUT2D eigenvalue weighted by atomic mass is 16.3. The van der Waals surface area contributed by atoms with Gasteiger partial charge in [0.15, 0.2) is 11.5 Å². The average Bonchev–Trinajstić information content (AvgIpc) is 2.92. The summed E-state index contributed by atoms with van der Waals surface area (Å²) in [5.74, 6) is -0.114. The zero-order chi connectivity index (χ0) is 14.5. The van der Waals surface area contributed by atoms with E-state index in [1.807, 2.05) is 0 Å². The van der Waals surface area contributed by atoms with Gasteiger partial charge < -0.3 is 25.6 Å². The van der Waals surface area contributed by atoms with E-state index in [0.717, 1.165) is 0 Å². The Hall–Kier alpha value is -1.77. The van der Waals surface area contributed by atoms with Crippen LogP contribution in [0, 0.1) is 5.92 Å². The number of nitrogens with two attached hydrogens (primary N) is 1. The first kappa shape index (κ1) is 13.2. The van der Waals surface area contributed by atoms with Crippen molar-refractivity contribution in [3.63, 3.8) is 0 Å². The molecule has 0 unspecified atom stereocenters. The number of nitrogens with zero attached hydrogens (tertiary/aromatic N) is 4. The monoisotopic (exact) mass is 279 g/mol. The van der Waals surface area contributed by atoms with Gasteiger partial charge in [0.2, 0.25) is 0 Å². The molecule has 3 rings (SSSR count). The molecule has 0 aliphatic heterocycles. The van der Waals surface area contributed by atoms with Gasteiger partial charge in [-0.25, -0.2) is 15.0 Å². The van der Waals surface area contributed by atoms with E-state index in [1.165, 1.54) is 12.7 Å². The second-order valence-electron chi connectivity index (χ2n) is 5.45. The summed E-state index contributed by atoms with van der Waals surface area (Å²) in [4.78, 5) is 12.2. The molecule has 8 heteroatoms. The summed E-state index contributed by atoms with van der Waals surface area (Å²) in [6, 6.07) is -0.436. The number of hydrogen-bond acceptors (Lipinski definition) is 7. The first-order valence-electron chi connectivity index (χ1n) is 6.41. The largest absolute Gasteiger partial charge is 0.396 e. The van der Waals surface area contributed by atoms with Crippen LogP contribution in [0.5, 0.6) is 0 Å². The maximum atomic E-state index is 10.5. The van der Waals surface area contributed by atoms with Gasteiger partial charge >= 0.3 is 0 Å². The van der Waals surface area contributed by atoms with Crippen LogP contribution in [0.3, 0.4) is 0 Å². The Kier molecular flexibility index (Phi) is 2.89. The Bertz CT molecular complexity index is 641. The van der Waals surface area contributed by atoms with Crippen LogP contribution in [0.25, 0.3) is 11.2 Å². The number of aliphatic hydroxyl groups excluding tert-OH is 2. The molecule has 0 amide bonds. The number of rotatable bonds is 2. The Morgan fingerprint density at radius 2 is 2.20 bits per heavy atom. The third-order valence-corrected chi connectivity index (χ3v) is 4.20. The van der Waals surface area contributed by atoms with Gasteiger partial charge in [-0.2, -0.15) is 0 Å². The Morgan fingerprint density at radius 1 is 1.45 bits per heavy atom. The molecule has 1 fully saturated rings. The lowest BCUT2D eigenvalue weighted by atomic mass is 9.96. The highest BCUT2D eigenvalue weighted by molar-refractivity contribution is 5.81. The fourth-order valence-corrected chi connectivity index (χ4v) is 3.00. The van der Waals surface area contributed by atoms with Gasteiger partial charge in [0.1, 0.15) is 17.4 Å². The van der Waals surface area contributed by atoms with Crippen molar-refractivity contribution in [3.05, 3.63) is 12.7 Å². The molecule has 108 valence electrons. The third-order valence-electron chi connectivity index (χ3n) is 4.20. The maximum absolute atomic E-state index is 10.5. The van der Waals surface area contributed by atoms with Crippen LogP contribution < -0.4 is 5.73 Å². The first-order valence-corrected chi connectivity index (χ1v) is 6.41. The minimum Gasteiger partial charge on any atom is -0.396 e. The molecule has 8 nitrogen and oxygen atoms in total. The second-order valence-corrected chi connectivity index (χ2v) is 5.45. The van der Waals surface area contributed by atoms with Crippen molar-refractivity contribution in [2.75, 3.05) is 12.3 Å². The van der Waals surface area contributed by atoms with Gasteiger partial charge in [0, 0.05) is 12.5 Å². The zero-order valence-electron chi connectivity index (χ0n) is 11.0. The predicted octanol–water partition coefficient (Wildman–Crippen LogP) is -0.926. The quantitative estimate of drug-likeness (QED) is 0.559. The summed E-state index contributed by atoms with van der Waals surface area (Å²) in [5.41, 5.74) is 5.33. The van der Waals surface area contributed by atoms with E-state index >= 15 is 0 Å². The molecule has 1 aliphatic rings. The lowest BCUT2D eigenvalue weighted by Gasteiger charge is -2.29. The molecule has 5 N–H and O–H groups in total. The van der Waals surface area contributed by atoms with Crippen LogP contribution in [0.2, 0.25) is 0 Å². The molecule has 2 heterocycles. The van der Waals surface area contributed by atoms with Gasteiger partial charge in [-0.05, 0) is 13.3 Å². The standard InChI is InChI=1S/C12H17N5O3/c1-12(20)7(2-6(3-18)9(12)19)17-5-16-8-10(13)14-4-15-11(8)17/h4-7,9,18-20H,2-3H2,1H3,(H2,13,14,15)/t6-,7+,9+,12-/m1/s1. The highest BCUT2D eigenvalue weighted by Crippen LogP contribution is 2.43. The minimum absolute atomic E-state index is 0.183. The van der Waals surface area contributed by atoms with E-state index in [4.69, 9.17) is 5.73 Å². The van der Waals surface area contributed by atoms with Crippen LogP contribution >= 0.6 is 0 Å². The van der Waals surface area contributed by atoms with Gasteiger partial charge in [-0.3, -0.25) is 0 Å². The number of anilines is 1. The third kappa shape index (κ3) is 1.69. The maximum Gasteiger partial charge on any atom is 0.165 e. The number of hydrogen-bond donors (Lipinski definition) is 4. The zero-order valence-corrected chi connectivity index (χ0v) is 11.0. The molecule has 0 saturated heterocycles. The van der Waals surface area contributed by atoms with E-state index in [-0.39, 0.29) is 18.3 Å². The van der Waals surface area contributed by atoms with Gasteiger partial charge in [-0.1, -0.05) is 0 Å². The Balaban J connectivity index is 2.10. The number of nitrogen functional groups attached to an aromatic ring is 1. The fraction of sp³-hybridized carbons (Fsp3) is 0.583. The second kappa shape index (κ2) is 4.37. The summed E-state index contributed by atoms with van der Waals surface area (Å²) < 4.78 is 1.69. The minimum atomic E-state index is -1.37. The summed E-state index contributed by atoms with van der Waals surface area (Å²) in [5, 5.41) is 30.0. The Morgan fingerprint density at radius 3 is 2.85 bits per heavy atom. The molecule has 0 aromatic carbocycles. The summed E-state index contributed by atoms with van der Waals surface area (Å²) in [6.45, 7) is 1.37. The van der Waals surface area contributed by atoms with Crippen LogP contribution in [0.1, 0.15) is 19.4 Å². The van der Waals surface area contributed by atoms with Crippen molar-refractivity contribution >= 4 is 17.0 Å². The molecule has 0 radical (unpaired) electrons. The molecule has 0 spiro atoms. The molecular formula is C12H17N5O3. The molecule has 2 aromatic rings. The van der Waals surface area contributed by atoms with Crippen LogP contribution in [-0.2, 0) is 0 Å². The van der Waals surface area contributed by atoms with Crippen LogP contribution in [-0.4, -0.2) is 53.2 Å². The van der Waals surface area contributed by atoms with Crippen LogP contribution in [0.15, 0.2) is 12.7 Å². The van der Waals surface area contributed by atoms with Gasteiger partial charge in [-0.15, -0.1) is 0 Å². The normalized spacial score (nSPS) is 33.9. The number of aliphatic hydroxyl groups is 3. The lowest BCUT2D eigenvalue weighted by molar-refractivity contribution is -0.0777.